The predicted molar refractivity (Wildman–Crippen MR) is 70.4 cm³/mol. The Morgan fingerprint density at radius 3 is 2.71 bits per heavy atom. The number of aromatic nitrogens is 2. The van der Waals surface area contributed by atoms with Crippen molar-refractivity contribution in [1.82, 2.24) is 10.2 Å². The lowest BCUT2D eigenvalue weighted by Gasteiger charge is -2.08. The first-order chi connectivity index (χ1) is 8.19. The maximum atomic E-state index is 5.46. The van der Waals surface area contributed by atoms with Crippen molar-refractivity contribution >= 4 is 33.3 Å². The number of nitrogens with zero attached hydrogens (tertiary/aromatic N) is 2. The molecule has 0 saturated carbocycles. The summed E-state index contributed by atoms with van der Waals surface area (Å²) in [6.45, 7) is 0. The summed E-state index contributed by atoms with van der Waals surface area (Å²) in [5.74, 6) is 1.77. The highest BCUT2D eigenvalue weighted by Gasteiger charge is 2.02. The molecule has 0 aliphatic carbocycles. The van der Waals surface area contributed by atoms with E-state index in [1.165, 1.54) is 0 Å². The van der Waals surface area contributed by atoms with Gasteiger partial charge in [-0.15, -0.1) is 10.2 Å². The van der Waals surface area contributed by atoms with Gasteiger partial charge in [-0.2, -0.15) is 0 Å². The molecule has 0 bridgehead atoms. The van der Waals surface area contributed by atoms with Gasteiger partial charge in [-0.05, 0) is 40.2 Å². The van der Waals surface area contributed by atoms with Crippen molar-refractivity contribution in [3.05, 3.63) is 34.8 Å². The number of ether oxygens (including phenoxy) is 1. The van der Waals surface area contributed by atoms with E-state index >= 15 is 0 Å². The predicted octanol–water partition coefficient (Wildman–Crippen LogP) is 2.57. The number of anilines is 3. The molecule has 2 aromatic rings. The van der Waals surface area contributed by atoms with E-state index in [2.05, 4.69) is 31.4 Å². The average molecular weight is 295 g/mol. The van der Waals surface area contributed by atoms with E-state index in [1.54, 1.807) is 19.2 Å². The Morgan fingerprint density at radius 1 is 1.24 bits per heavy atom. The van der Waals surface area contributed by atoms with Gasteiger partial charge in [-0.1, -0.05) is 0 Å². The second-order valence-corrected chi connectivity index (χ2v) is 4.17. The Balaban J connectivity index is 2.21. The Morgan fingerprint density at radius 2 is 2.06 bits per heavy atom. The highest BCUT2D eigenvalue weighted by Crippen LogP contribution is 2.28. The van der Waals surface area contributed by atoms with Crippen LogP contribution in [0.25, 0.3) is 0 Å². The Kier molecular flexibility index (Phi) is 3.43. The van der Waals surface area contributed by atoms with Gasteiger partial charge in [0.25, 0.3) is 0 Å². The maximum Gasteiger partial charge on any atom is 0.153 e. The molecule has 0 amide bonds. The van der Waals surface area contributed by atoms with Crippen molar-refractivity contribution < 1.29 is 4.74 Å². The molecule has 0 unspecified atom stereocenters. The minimum Gasteiger partial charge on any atom is -0.495 e. The molecule has 5 nitrogen and oxygen atoms in total. The first kappa shape index (κ1) is 11.7. The zero-order valence-corrected chi connectivity index (χ0v) is 10.7. The summed E-state index contributed by atoms with van der Waals surface area (Å²) in [7, 11) is 1.62. The van der Waals surface area contributed by atoms with Crippen molar-refractivity contribution in [2.45, 2.75) is 0 Å². The normalized spacial score (nSPS) is 10.0. The van der Waals surface area contributed by atoms with E-state index < -0.39 is 0 Å². The van der Waals surface area contributed by atoms with Crippen LogP contribution < -0.4 is 15.8 Å². The Bertz CT molecular complexity index is 515. The van der Waals surface area contributed by atoms with Gasteiger partial charge < -0.3 is 15.8 Å². The molecule has 0 aliphatic heterocycles. The van der Waals surface area contributed by atoms with E-state index in [1.807, 2.05) is 18.2 Å². The fourth-order valence-electron chi connectivity index (χ4n) is 1.29. The molecular formula is C11H11BrN4O. The van der Waals surface area contributed by atoms with Gasteiger partial charge in [-0.25, -0.2) is 0 Å². The van der Waals surface area contributed by atoms with Crippen molar-refractivity contribution in [3.63, 3.8) is 0 Å². The zero-order chi connectivity index (χ0) is 12.3. The van der Waals surface area contributed by atoms with Gasteiger partial charge in [0.15, 0.2) is 5.82 Å². The van der Waals surface area contributed by atoms with Gasteiger partial charge >= 0.3 is 0 Å². The van der Waals surface area contributed by atoms with Crippen molar-refractivity contribution in [2.24, 2.45) is 0 Å². The summed E-state index contributed by atoms with van der Waals surface area (Å²) in [5.41, 5.74) is 6.32. The van der Waals surface area contributed by atoms with Crippen LogP contribution in [-0.4, -0.2) is 17.3 Å². The summed E-state index contributed by atoms with van der Waals surface area (Å²) < 4.78 is 6.10. The highest BCUT2D eigenvalue weighted by atomic mass is 79.9. The molecule has 1 aromatic heterocycles. The molecule has 1 aromatic carbocycles. The maximum absolute atomic E-state index is 5.46. The average Bonchev–Trinajstić information content (AvgIpc) is 2.34. The molecule has 1 heterocycles. The van der Waals surface area contributed by atoms with Crippen molar-refractivity contribution in [1.29, 1.82) is 0 Å². The SMILES string of the molecule is COc1cc(Nc2ccc(N)nn2)ccc1Br. The second kappa shape index (κ2) is 5.01. The zero-order valence-electron chi connectivity index (χ0n) is 9.14. The number of nitrogens with one attached hydrogen (secondary N) is 1. The van der Waals surface area contributed by atoms with Gasteiger partial charge in [0.05, 0.1) is 11.6 Å². The van der Waals surface area contributed by atoms with E-state index in [4.69, 9.17) is 10.5 Å². The van der Waals surface area contributed by atoms with Crippen LogP contribution in [0.15, 0.2) is 34.8 Å². The smallest absolute Gasteiger partial charge is 0.153 e. The Labute approximate surface area is 107 Å². The number of rotatable bonds is 3. The molecular weight excluding hydrogens is 284 g/mol. The second-order valence-electron chi connectivity index (χ2n) is 3.32. The monoisotopic (exact) mass is 294 g/mol. The number of hydrogen-bond donors (Lipinski definition) is 2. The first-order valence-corrected chi connectivity index (χ1v) is 5.68. The number of hydrogen-bond acceptors (Lipinski definition) is 5. The Hall–Kier alpha value is -1.82. The lowest BCUT2D eigenvalue weighted by atomic mass is 10.3. The summed E-state index contributed by atoms with van der Waals surface area (Å²) in [6, 6.07) is 9.11. The van der Waals surface area contributed by atoms with E-state index in [0.717, 1.165) is 15.9 Å². The van der Waals surface area contributed by atoms with Crippen LogP contribution in [0.5, 0.6) is 5.75 Å². The lowest BCUT2D eigenvalue weighted by Crippen LogP contribution is -1.98. The van der Waals surface area contributed by atoms with Crippen LogP contribution in [0, 0.1) is 0 Å². The molecule has 6 heteroatoms. The third kappa shape index (κ3) is 2.85. The molecule has 0 fully saturated rings. The van der Waals surface area contributed by atoms with Crippen LogP contribution in [0.3, 0.4) is 0 Å². The van der Waals surface area contributed by atoms with E-state index in [0.29, 0.717) is 11.6 Å². The molecule has 2 rings (SSSR count). The van der Waals surface area contributed by atoms with Crippen molar-refractivity contribution in [3.8, 4) is 5.75 Å². The fourth-order valence-corrected chi connectivity index (χ4v) is 1.70. The van der Waals surface area contributed by atoms with E-state index in [9.17, 15) is 0 Å². The summed E-state index contributed by atoms with van der Waals surface area (Å²) in [5, 5.41) is 10.8. The van der Waals surface area contributed by atoms with Gasteiger partial charge in [0, 0.05) is 11.8 Å². The highest BCUT2D eigenvalue weighted by molar-refractivity contribution is 9.10. The molecule has 17 heavy (non-hydrogen) atoms. The van der Waals surface area contributed by atoms with Gasteiger partial charge in [-0.3, -0.25) is 0 Å². The third-order valence-electron chi connectivity index (χ3n) is 2.11. The summed E-state index contributed by atoms with van der Waals surface area (Å²) in [4.78, 5) is 0. The number of methoxy groups -OCH3 is 1. The molecule has 0 aliphatic rings. The molecule has 3 N–H and O–H groups in total. The topological polar surface area (TPSA) is 73.1 Å². The molecule has 0 radical (unpaired) electrons. The minimum absolute atomic E-state index is 0.393. The molecule has 0 saturated heterocycles. The van der Waals surface area contributed by atoms with Crippen LogP contribution in [0.4, 0.5) is 17.3 Å². The van der Waals surface area contributed by atoms with Crippen molar-refractivity contribution in [2.75, 3.05) is 18.2 Å². The molecule has 88 valence electrons. The van der Waals surface area contributed by atoms with Crippen LogP contribution in [-0.2, 0) is 0 Å². The summed E-state index contributed by atoms with van der Waals surface area (Å²) >= 11 is 3.39. The lowest BCUT2D eigenvalue weighted by molar-refractivity contribution is 0.412. The van der Waals surface area contributed by atoms with Gasteiger partial charge in [0.2, 0.25) is 0 Å². The van der Waals surface area contributed by atoms with E-state index in [-0.39, 0.29) is 0 Å². The first-order valence-electron chi connectivity index (χ1n) is 4.89. The standard InChI is InChI=1S/C11H11BrN4O/c1-17-9-6-7(2-3-8(9)12)14-11-5-4-10(13)15-16-11/h2-6H,1H3,(H2,13,15)(H,14,16). The van der Waals surface area contributed by atoms with Crippen LogP contribution in [0.2, 0.25) is 0 Å². The largest absolute Gasteiger partial charge is 0.495 e. The third-order valence-corrected chi connectivity index (χ3v) is 2.76. The summed E-state index contributed by atoms with van der Waals surface area (Å²) in [6.07, 6.45) is 0. The number of benzene rings is 1. The van der Waals surface area contributed by atoms with Gasteiger partial charge in [0.1, 0.15) is 11.6 Å². The quantitative estimate of drug-likeness (QED) is 0.910. The molecule has 0 spiro atoms. The molecule has 0 atom stereocenters. The number of nitrogen functional groups attached to an aromatic ring is 1. The number of halogens is 1. The fraction of sp³-hybridized carbons (Fsp3) is 0.0909. The van der Waals surface area contributed by atoms with Crippen LogP contribution >= 0.6 is 15.9 Å². The van der Waals surface area contributed by atoms with Crippen LogP contribution in [0.1, 0.15) is 0 Å². The number of nitrogens with two attached hydrogens (primary N) is 1. The minimum atomic E-state index is 0.393.